The van der Waals surface area contributed by atoms with Gasteiger partial charge in [-0.2, -0.15) is 0 Å². The fraction of sp³-hybridized carbons (Fsp3) is 0.500. The SMILES string of the molecule is CC[C@@H](C)N(Cc1cc(NS(=O)(=O)c2ccc(OC)cc2)ccc1N(C)C)C(=O)CC(C)(C)C. The van der Waals surface area contributed by atoms with Crippen molar-refractivity contribution < 1.29 is 17.9 Å². The van der Waals surface area contributed by atoms with Crippen LogP contribution in [0.4, 0.5) is 11.4 Å². The second-order valence-corrected chi connectivity index (χ2v) is 11.7. The van der Waals surface area contributed by atoms with Gasteiger partial charge in [0.05, 0.1) is 12.0 Å². The summed E-state index contributed by atoms with van der Waals surface area (Å²) in [6.07, 6.45) is 1.27. The molecule has 0 spiro atoms. The summed E-state index contributed by atoms with van der Waals surface area (Å²) < 4.78 is 33.7. The zero-order chi connectivity index (χ0) is 25.7. The van der Waals surface area contributed by atoms with Crippen molar-refractivity contribution in [1.29, 1.82) is 0 Å². The molecule has 0 heterocycles. The third-order valence-corrected chi connectivity index (χ3v) is 7.05. The van der Waals surface area contributed by atoms with Crippen molar-refractivity contribution in [3.8, 4) is 5.75 Å². The fourth-order valence-electron chi connectivity index (χ4n) is 3.63. The van der Waals surface area contributed by atoms with Gasteiger partial charge in [0.1, 0.15) is 5.75 Å². The van der Waals surface area contributed by atoms with E-state index in [0.29, 0.717) is 24.4 Å². The third-order valence-electron chi connectivity index (χ3n) is 5.65. The smallest absolute Gasteiger partial charge is 0.261 e. The van der Waals surface area contributed by atoms with Crippen LogP contribution in [0.3, 0.4) is 0 Å². The molecule has 0 fully saturated rings. The Balaban J connectivity index is 2.40. The normalized spacial score (nSPS) is 12.7. The third kappa shape index (κ3) is 7.38. The van der Waals surface area contributed by atoms with Gasteiger partial charge in [-0.1, -0.05) is 27.7 Å². The Morgan fingerprint density at radius 1 is 1.09 bits per heavy atom. The van der Waals surface area contributed by atoms with Crippen LogP contribution in [0.1, 0.15) is 53.0 Å². The molecule has 0 unspecified atom stereocenters. The largest absolute Gasteiger partial charge is 0.497 e. The predicted octanol–water partition coefficient (Wildman–Crippen LogP) is 5.13. The maximum absolute atomic E-state index is 13.2. The minimum Gasteiger partial charge on any atom is -0.497 e. The van der Waals surface area contributed by atoms with Gasteiger partial charge in [-0.15, -0.1) is 0 Å². The molecular formula is C26H39N3O4S. The van der Waals surface area contributed by atoms with Crippen LogP contribution in [-0.2, 0) is 21.4 Å². The van der Waals surface area contributed by atoms with Crippen LogP contribution in [0.25, 0.3) is 0 Å². The average molecular weight is 490 g/mol. The van der Waals surface area contributed by atoms with Gasteiger partial charge in [0.15, 0.2) is 0 Å². The van der Waals surface area contributed by atoms with Crippen molar-refractivity contribution in [2.45, 2.75) is 64.9 Å². The molecule has 1 atom stereocenters. The highest BCUT2D eigenvalue weighted by Crippen LogP contribution is 2.29. The van der Waals surface area contributed by atoms with Gasteiger partial charge in [-0.05, 0) is 66.8 Å². The van der Waals surface area contributed by atoms with Gasteiger partial charge >= 0.3 is 0 Å². The number of amides is 1. The number of nitrogens with zero attached hydrogens (tertiary/aromatic N) is 2. The molecule has 0 aromatic heterocycles. The number of nitrogens with one attached hydrogen (secondary N) is 1. The number of carbonyl (C=O) groups excluding carboxylic acids is 1. The van der Waals surface area contributed by atoms with Crippen molar-refractivity contribution in [3.63, 3.8) is 0 Å². The van der Waals surface area contributed by atoms with Gasteiger partial charge < -0.3 is 14.5 Å². The van der Waals surface area contributed by atoms with Gasteiger partial charge in [0.2, 0.25) is 5.91 Å². The van der Waals surface area contributed by atoms with Crippen molar-refractivity contribution >= 4 is 27.3 Å². The standard InChI is InChI=1S/C26H39N3O4S/c1-9-19(2)29(25(30)17-26(3,4)5)18-20-16-21(10-15-24(20)28(6)7)27-34(31,32)23-13-11-22(33-8)12-14-23/h10-16,19,27H,9,17-18H2,1-8H3/t19-/m1/s1. The van der Waals surface area contributed by atoms with Crippen molar-refractivity contribution in [2.75, 3.05) is 30.8 Å². The number of hydrogen-bond donors (Lipinski definition) is 1. The summed E-state index contributed by atoms with van der Waals surface area (Å²) in [4.78, 5) is 17.2. The number of ether oxygens (including phenoxy) is 1. The van der Waals surface area contributed by atoms with Crippen LogP contribution in [0.2, 0.25) is 0 Å². The lowest BCUT2D eigenvalue weighted by atomic mass is 9.91. The molecule has 1 N–H and O–H groups in total. The van der Waals surface area contributed by atoms with E-state index in [1.165, 1.54) is 19.2 Å². The van der Waals surface area contributed by atoms with Gasteiger partial charge in [-0.25, -0.2) is 8.42 Å². The first-order chi connectivity index (χ1) is 15.8. The van der Waals surface area contributed by atoms with E-state index >= 15 is 0 Å². The number of benzene rings is 2. The number of rotatable bonds is 10. The van der Waals surface area contributed by atoms with E-state index in [0.717, 1.165) is 17.7 Å². The van der Waals surface area contributed by atoms with Crippen LogP contribution in [0.15, 0.2) is 47.4 Å². The highest BCUT2D eigenvalue weighted by molar-refractivity contribution is 7.92. The molecule has 188 valence electrons. The number of methoxy groups -OCH3 is 1. The molecule has 2 aromatic carbocycles. The van der Waals surface area contributed by atoms with E-state index in [2.05, 4.69) is 32.4 Å². The van der Waals surface area contributed by atoms with Crippen LogP contribution in [0, 0.1) is 5.41 Å². The first kappa shape index (κ1) is 27.5. The maximum Gasteiger partial charge on any atom is 0.261 e. The minimum absolute atomic E-state index is 0.0597. The molecule has 0 radical (unpaired) electrons. The van der Waals surface area contributed by atoms with Crippen LogP contribution >= 0.6 is 0 Å². The number of hydrogen-bond acceptors (Lipinski definition) is 5. The van der Waals surface area contributed by atoms with Crippen LogP contribution in [-0.4, -0.2) is 46.5 Å². The Hall–Kier alpha value is -2.74. The molecule has 1 amide bonds. The topological polar surface area (TPSA) is 79.0 Å². The summed E-state index contributed by atoms with van der Waals surface area (Å²) in [6.45, 7) is 10.7. The monoisotopic (exact) mass is 489 g/mol. The molecule has 2 rings (SSSR count). The number of anilines is 2. The van der Waals surface area contributed by atoms with Crippen molar-refractivity contribution in [2.24, 2.45) is 5.41 Å². The molecule has 0 aliphatic heterocycles. The Bertz CT molecular complexity index is 1070. The molecular weight excluding hydrogens is 450 g/mol. The molecule has 8 heteroatoms. The quantitative estimate of drug-likeness (QED) is 0.501. The summed E-state index contributed by atoms with van der Waals surface area (Å²) in [5, 5.41) is 0. The zero-order valence-corrected chi connectivity index (χ0v) is 22.5. The summed E-state index contributed by atoms with van der Waals surface area (Å²) in [5.74, 6) is 0.678. The Kier molecular flexibility index (Phi) is 9.00. The lowest BCUT2D eigenvalue weighted by molar-refractivity contribution is -0.135. The second-order valence-electron chi connectivity index (χ2n) is 10.0. The predicted molar refractivity (Wildman–Crippen MR) is 139 cm³/mol. The van der Waals surface area contributed by atoms with Crippen molar-refractivity contribution in [3.05, 3.63) is 48.0 Å². The second kappa shape index (κ2) is 11.1. The molecule has 0 aliphatic rings. The minimum atomic E-state index is -3.78. The van der Waals surface area contributed by atoms with E-state index < -0.39 is 10.0 Å². The van der Waals surface area contributed by atoms with E-state index in [1.807, 2.05) is 43.0 Å². The number of sulfonamides is 1. The van der Waals surface area contributed by atoms with E-state index in [4.69, 9.17) is 4.74 Å². The van der Waals surface area contributed by atoms with E-state index in [9.17, 15) is 13.2 Å². The first-order valence-electron chi connectivity index (χ1n) is 11.5. The Morgan fingerprint density at radius 3 is 2.21 bits per heavy atom. The van der Waals surface area contributed by atoms with Gasteiger partial charge in [-0.3, -0.25) is 9.52 Å². The Labute approximate surface area is 205 Å². The molecule has 0 saturated heterocycles. The fourth-order valence-corrected chi connectivity index (χ4v) is 4.68. The molecule has 0 aliphatic carbocycles. The lowest BCUT2D eigenvalue weighted by Crippen LogP contribution is -2.39. The molecule has 0 saturated carbocycles. The lowest BCUT2D eigenvalue weighted by Gasteiger charge is -2.33. The van der Waals surface area contributed by atoms with Crippen LogP contribution in [0.5, 0.6) is 5.75 Å². The molecule has 2 aromatic rings. The highest BCUT2D eigenvalue weighted by atomic mass is 32.2. The summed E-state index contributed by atoms with van der Waals surface area (Å²) in [5.41, 5.74) is 2.14. The Morgan fingerprint density at radius 2 is 1.71 bits per heavy atom. The van der Waals surface area contributed by atoms with Gasteiger partial charge in [0, 0.05) is 44.5 Å². The van der Waals surface area contributed by atoms with E-state index in [-0.39, 0.29) is 22.3 Å². The first-order valence-corrected chi connectivity index (χ1v) is 13.0. The molecule has 34 heavy (non-hydrogen) atoms. The average Bonchev–Trinajstić information content (AvgIpc) is 2.75. The van der Waals surface area contributed by atoms with Gasteiger partial charge in [0.25, 0.3) is 10.0 Å². The number of carbonyl (C=O) groups is 1. The molecule has 0 bridgehead atoms. The highest BCUT2D eigenvalue weighted by Gasteiger charge is 2.25. The van der Waals surface area contributed by atoms with Crippen molar-refractivity contribution in [1.82, 2.24) is 4.90 Å². The summed E-state index contributed by atoms with van der Waals surface area (Å²) in [7, 11) is 1.62. The summed E-state index contributed by atoms with van der Waals surface area (Å²) in [6, 6.07) is 11.7. The van der Waals surface area contributed by atoms with E-state index in [1.54, 1.807) is 18.2 Å². The van der Waals surface area contributed by atoms with Crippen LogP contribution < -0.4 is 14.4 Å². The maximum atomic E-state index is 13.2. The summed E-state index contributed by atoms with van der Waals surface area (Å²) >= 11 is 0. The zero-order valence-electron chi connectivity index (χ0n) is 21.7. The molecule has 7 nitrogen and oxygen atoms in total.